The van der Waals surface area contributed by atoms with E-state index >= 15 is 0 Å². The first-order valence-electron chi connectivity index (χ1n) is 12.5. The smallest absolute Gasteiger partial charge is 0.378 e. The minimum atomic E-state index is -4.37. The summed E-state index contributed by atoms with van der Waals surface area (Å²) in [6, 6.07) is 13.3. The molecular weight excluding hydrogens is 481 g/mol. The van der Waals surface area contributed by atoms with Crippen LogP contribution in [0.5, 0.6) is 0 Å². The van der Waals surface area contributed by atoms with Crippen LogP contribution in [0.25, 0.3) is 0 Å². The van der Waals surface area contributed by atoms with Crippen molar-refractivity contribution >= 4 is 35.0 Å². The number of halogens is 3. The Balaban J connectivity index is 1.32. The lowest BCUT2D eigenvalue weighted by Gasteiger charge is -2.28. The molecule has 1 aliphatic carbocycles. The SMILES string of the molecule is FC(F)(F)c1ccc(C=Nc2cnc(Nc3ccc(N4CCOCC4)cc3)nc2NC2CCCC2)cc1. The number of nitrogens with one attached hydrogen (secondary N) is 2. The van der Waals surface area contributed by atoms with Gasteiger partial charge in [-0.2, -0.15) is 18.2 Å². The van der Waals surface area contributed by atoms with Crippen LogP contribution < -0.4 is 15.5 Å². The van der Waals surface area contributed by atoms with Crippen molar-refractivity contribution in [3.05, 3.63) is 65.9 Å². The molecule has 37 heavy (non-hydrogen) atoms. The molecule has 3 aromatic rings. The number of hydrogen-bond acceptors (Lipinski definition) is 7. The average molecular weight is 511 g/mol. The minimum absolute atomic E-state index is 0.301. The number of aliphatic imine (C=N–C) groups is 1. The van der Waals surface area contributed by atoms with Crippen LogP contribution in [0.4, 0.5) is 42.0 Å². The maximum Gasteiger partial charge on any atom is 0.416 e. The van der Waals surface area contributed by atoms with E-state index in [4.69, 9.17) is 4.74 Å². The highest BCUT2D eigenvalue weighted by Gasteiger charge is 2.29. The van der Waals surface area contributed by atoms with Crippen molar-refractivity contribution in [3.63, 3.8) is 0 Å². The molecule has 0 spiro atoms. The Bertz CT molecular complexity index is 1200. The van der Waals surface area contributed by atoms with E-state index in [0.717, 1.165) is 75.5 Å². The van der Waals surface area contributed by atoms with E-state index in [2.05, 4.69) is 42.6 Å². The molecule has 1 aliphatic heterocycles. The molecule has 0 amide bonds. The van der Waals surface area contributed by atoms with Crippen LogP contribution in [0.1, 0.15) is 36.8 Å². The molecule has 10 heteroatoms. The summed E-state index contributed by atoms with van der Waals surface area (Å²) in [4.78, 5) is 15.9. The largest absolute Gasteiger partial charge is 0.416 e. The Hall–Kier alpha value is -3.66. The lowest BCUT2D eigenvalue weighted by molar-refractivity contribution is -0.137. The van der Waals surface area contributed by atoms with Crippen molar-refractivity contribution in [2.75, 3.05) is 41.8 Å². The second kappa shape index (κ2) is 11.2. The fourth-order valence-electron chi connectivity index (χ4n) is 4.51. The fraction of sp³-hybridized carbons (Fsp3) is 0.370. The highest BCUT2D eigenvalue weighted by molar-refractivity contribution is 5.83. The molecule has 5 rings (SSSR count). The third kappa shape index (κ3) is 6.56. The molecule has 0 radical (unpaired) electrons. The van der Waals surface area contributed by atoms with Gasteiger partial charge in [-0.3, -0.25) is 4.99 Å². The van der Waals surface area contributed by atoms with Crippen LogP contribution in [0.15, 0.2) is 59.7 Å². The number of morpholine rings is 1. The monoisotopic (exact) mass is 510 g/mol. The van der Waals surface area contributed by atoms with Crippen LogP contribution in [0, 0.1) is 0 Å². The zero-order valence-corrected chi connectivity index (χ0v) is 20.3. The molecule has 1 saturated heterocycles. The zero-order chi connectivity index (χ0) is 25.7. The summed E-state index contributed by atoms with van der Waals surface area (Å²) >= 11 is 0. The van der Waals surface area contributed by atoms with Gasteiger partial charge in [0.2, 0.25) is 5.95 Å². The van der Waals surface area contributed by atoms with Gasteiger partial charge in [0, 0.05) is 36.7 Å². The Kier molecular flexibility index (Phi) is 7.55. The van der Waals surface area contributed by atoms with Crippen LogP contribution in [0.2, 0.25) is 0 Å². The third-order valence-electron chi connectivity index (χ3n) is 6.56. The molecule has 2 heterocycles. The van der Waals surface area contributed by atoms with Gasteiger partial charge < -0.3 is 20.3 Å². The normalized spacial score (nSPS) is 16.9. The number of rotatable bonds is 7. The minimum Gasteiger partial charge on any atom is -0.378 e. The summed E-state index contributed by atoms with van der Waals surface area (Å²) in [6.45, 7) is 3.22. The molecular formula is C27H29F3N6O. The van der Waals surface area contributed by atoms with Crippen molar-refractivity contribution in [2.24, 2.45) is 4.99 Å². The highest BCUT2D eigenvalue weighted by atomic mass is 19.4. The average Bonchev–Trinajstić information content (AvgIpc) is 3.42. The summed E-state index contributed by atoms with van der Waals surface area (Å²) in [6.07, 6.45) is 3.20. The van der Waals surface area contributed by atoms with Crippen molar-refractivity contribution in [1.82, 2.24) is 9.97 Å². The molecule has 0 bridgehead atoms. The number of nitrogens with zero attached hydrogens (tertiary/aromatic N) is 4. The van der Waals surface area contributed by atoms with E-state index in [-0.39, 0.29) is 0 Å². The molecule has 2 N–H and O–H groups in total. The molecule has 194 valence electrons. The second-order valence-electron chi connectivity index (χ2n) is 9.20. The van der Waals surface area contributed by atoms with E-state index in [0.29, 0.717) is 29.1 Å². The topological polar surface area (TPSA) is 74.7 Å². The zero-order valence-electron chi connectivity index (χ0n) is 20.3. The lowest BCUT2D eigenvalue weighted by atomic mass is 10.1. The molecule has 2 aromatic carbocycles. The van der Waals surface area contributed by atoms with Gasteiger partial charge in [0.15, 0.2) is 5.82 Å². The van der Waals surface area contributed by atoms with Gasteiger partial charge in [-0.15, -0.1) is 0 Å². The van der Waals surface area contributed by atoms with Gasteiger partial charge >= 0.3 is 6.18 Å². The molecule has 1 saturated carbocycles. The second-order valence-corrected chi connectivity index (χ2v) is 9.20. The predicted octanol–water partition coefficient (Wildman–Crippen LogP) is 6.18. The maximum atomic E-state index is 12.8. The quantitative estimate of drug-likeness (QED) is 0.370. The van der Waals surface area contributed by atoms with E-state index in [1.165, 1.54) is 18.3 Å². The Labute approximate surface area is 213 Å². The van der Waals surface area contributed by atoms with Gasteiger partial charge in [-0.25, -0.2) is 4.98 Å². The lowest BCUT2D eigenvalue weighted by Crippen LogP contribution is -2.36. The molecule has 2 fully saturated rings. The number of ether oxygens (including phenoxy) is 1. The van der Waals surface area contributed by atoms with Gasteiger partial charge in [0.1, 0.15) is 5.69 Å². The van der Waals surface area contributed by atoms with Gasteiger partial charge in [0.05, 0.1) is 25.0 Å². The first kappa shape index (κ1) is 25.0. The summed E-state index contributed by atoms with van der Waals surface area (Å²) < 4.78 is 44.0. The number of benzene rings is 2. The van der Waals surface area contributed by atoms with Crippen molar-refractivity contribution in [3.8, 4) is 0 Å². The van der Waals surface area contributed by atoms with E-state index < -0.39 is 11.7 Å². The van der Waals surface area contributed by atoms with Gasteiger partial charge in [0.25, 0.3) is 0 Å². The first-order chi connectivity index (χ1) is 17.9. The standard InChI is InChI=1S/C27H29F3N6O/c28-27(29,30)20-7-5-19(6-8-20)17-31-24-18-32-26(35-25(24)33-21-3-1-2-4-21)34-22-9-11-23(12-10-22)36-13-15-37-16-14-36/h5-12,17-18,21H,1-4,13-16H2,(H2,32,33,34,35). The Morgan fingerprint density at radius 1 is 0.973 bits per heavy atom. The van der Waals surface area contributed by atoms with Crippen molar-refractivity contribution in [1.29, 1.82) is 0 Å². The van der Waals surface area contributed by atoms with Crippen LogP contribution >= 0.6 is 0 Å². The van der Waals surface area contributed by atoms with Gasteiger partial charge in [-0.05, 0) is 54.8 Å². The number of hydrogen-bond donors (Lipinski definition) is 2. The summed E-state index contributed by atoms with van der Waals surface area (Å²) in [5.74, 6) is 1.03. The molecule has 0 atom stereocenters. The van der Waals surface area contributed by atoms with E-state index in [1.807, 2.05) is 12.1 Å². The molecule has 2 aliphatic rings. The van der Waals surface area contributed by atoms with E-state index in [9.17, 15) is 13.2 Å². The van der Waals surface area contributed by atoms with Crippen molar-refractivity contribution < 1.29 is 17.9 Å². The Morgan fingerprint density at radius 2 is 1.68 bits per heavy atom. The molecule has 7 nitrogen and oxygen atoms in total. The van der Waals surface area contributed by atoms with Gasteiger partial charge in [-0.1, -0.05) is 25.0 Å². The van der Waals surface area contributed by atoms with Crippen LogP contribution in [-0.4, -0.2) is 48.5 Å². The number of alkyl halides is 3. The molecule has 1 aromatic heterocycles. The van der Waals surface area contributed by atoms with Crippen LogP contribution in [-0.2, 0) is 10.9 Å². The number of aromatic nitrogens is 2. The summed E-state index contributed by atoms with van der Waals surface area (Å²) in [5, 5.41) is 6.74. The number of anilines is 4. The van der Waals surface area contributed by atoms with Crippen LogP contribution in [0.3, 0.4) is 0 Å². The Morgan fingerprint density at radius 3 is 2.35 bits per heavy atom. The summed E-state index contributed by atoms with van der Waals surface area (Å²) in [5.41, 5.74) is 2.41. The summed E-state index contributed by atoms with van der Waals surface area (Å²) in [7, 11) is 0. The first-order valence-corrected chi connectivity index (χ1v) is 12.5. The highest BCUT2D eigenvalue weighted by Crippen LogP contribution is 2.31. The van der Waals surface area contributed by atoms with E-state index in [1.54, 1.807) is 6.20 Å². The van der Waals surface area contributed by atoms with Crippen molar-refractivity contribution in [2.45, 2.75) is 37.9 Å². The third-order valence-corrected chi connectivity index (χ3v) is 6.56. The fourth-order valence-corrected chi connectivity index (χ4v) is 4.51. The molecule has 0 unspecified atom stereocenters. The predicted molar refractivity (Wildman–Crippen MR) is 139 cm³/mol. The maximum absolute atomic E-state index is 12.8.